The van der Waals surface area contributed by atoms with Crippen LogP contribution in [0.25, 0.3) is 0 Å². The molecule has 0 bridgehead atoms. The van der Waals surface area contributed by atoms with Gasteiger partial charge in [0.05, 0.1) is 18.3 Å². The van der Waals surface area contributed by atoms with E-state index >= 15 is 0 Å². The van der Waals surface area contributed by atoms with Crippen molar-refractivity contribution in [3.8, 4) is 5.75 Å². The highest BCUT2D eigenvalue weighted by Crippen LogP contribution is 2.31. The molecule has 2 rings (SSSR count). The Hall–Kier alpha value is -1.51. The number of esters is 1. The van der Waals surface area contributed by atoms with Crippen molar-refractivity contribution in [2.45, 2.75) is 46.1 Å². The lowest BCUT2D eigenvalue weighted by molar-refractivity contribution is 0.0526. The van der Waals surface area contributed by atoms with Gasteiger partial charge < -0.3 is 9.47 Å². The second-order valence-corrected chi connectivity index (χ2v) is 5.75. The zero-order valence-electron chi connectivity index (χ0n) is 12.6. The molecule has 0 aromatic heterocycles. The van der Waals surface area contributed by atoms with Crippen molar-refractivity contribution in [1.82, 2.24) is 0 Å². The molecular formula is C17H24O3. The van der Waals surface area contributed by atoms with E-state index < -0.39 is 0 Å². The Morgan fingerprint density at radius 3 is 2.45 bits per heavy atom. The topological polar surface area (TPSA) is 35.5 Å². The van der Waals surface area contributed by atoms with Gasteiger partial charge in [0.2, 0.25) is 0 Å². The molecule has 3 unspecified atom stereocenters. The average molecular weight is 276 g/mol. The molecule has 110 valence electrons. The van der Waals surface area contributed by atoms with Crippen molar-refractivity contribution in [1.29, 1.82) is 0 Å². The molecule has 1 fully saturated rings. The minimum Gasteiger partial charge on any atom is -0.490 e. The first-order chi connectivity index (χ1) is 9.60. The Bertz CT molecular complexity index is 438. The number of benzene rings is 1. The van der Waals surface area contributed by atoms with Crippen LogP contribution in [0.15, 0.2) is 24.3 Å². The molecule has 3 heteroatoms. The van der Waals surface area contributed by atoms with E-state index in [1.54, 1.807) is 19.1 Å². The molecule has 0 amide bonds. The Labute approximate surface area is 121 Å². The van der Waals surface area contributed by atoms with Gasteiger partial charge in [-0.1, -0.05) is 13.8 Å². The Morgan fingerprint density at radius 1 is 1.15 bits per heavy atom. The van der Waals surface area contributed by atoms with Gasteiger partial charge in [-0.05, 0) is 62.3 Å². The molecule has 0 spiro atoms. The van der Waals surface area contributed by atoms with E-state index in [0.29, 0.717) is 24.2 Å². The van der Waals surface area contributed by atoms with E-state index in [0.717, 1.165) is 24.5 Å². The van der Waals surface area contributed by atoms with Gasteiger partial charge in [-0.3, -0.25) is 0 Å². The van der Waals surface area contributed by atoms with E-state index in [9.17, 15) is 4.79 Å². The number of ether oxygens (including phenoxy) is 2. The van der Waals surface area contributed by atoms with Crippen LogP contribution in [0.2, 0.25) is 0 Å². The molecule has 1 aliphatic carbocycles. The van der Waals surface area contributed by atoms with Crippen molar-refractivity contribution >= 4 is 5.97 Å². The van der Waals surface area contributed by atoms with Crippen LogP contribution in [-0.2, 0) is 4.74 Å². The Morgan fingerprint density at radius 2 is 1.85 bits per heavy atom. The van der Waals surface area contributed by atoms with Gasteiger partial charge >= 0.3 is 5.97 Å². The lowest BCUT2D eigenvalue weighted by Gasteiger charge is -2.32. The van der Waals surface area contributed by atoms with Crippen molar-refractivity contribution in [2.75, 3.05) is 6.61 Å². The molecular weight excluding hydrogens is 252 g/mol. The summed E-state index contributed by atoms with van der Waals surface area (Å²) in [7, 11) is 0. The lowest BCUT2D eigenvalue weighted by atomic mass is 9.80. The normalized spacial score (nSPS) is 26.1. The fourth-order valence-electron chi connectivity index (χ4n) is 2.68. The second kappa shape index (κ2) is 6.78. The number of hydrogen-bond donors (Lipinski definition) is 0. The highest BCUT2D eigenvalue weighted by Gasteiger charge is 2.25. The van der Waals surface area contributed by atoms with Crippen molar-refractivity contribution in [3.63, 3.8) is 0 Å². The molecule has 0 radical (unpaired) electrons. The molecule has 0 heterocycles. The molecule has 0 saturated heterocycles. The quantitative estimate of drug-likeness (QED) is 0.778. The van der Waals surface area contributed by atoms with E-state index in [2.05, 4.69) is 13.8 Å². The van der Waals surface area contributed by atoms with Crippen LogP contribution in [0.5, 0.6) is 5.75 Å². The van der Waals surface area contributed by atoms with Crippen LogP contribution in [0, 0.1) is 11.8 Å². The third-order valence-electron chi connectivity index (χ3n) is 4.22. The largest absolute Gasteiger partial charge is 0.490 e. The smallest absolute Gasteiger partial charge is 0.338 e. The van der Waals surface area contributed by atoms with E-state index in [1.807, 2.05) is 12.1 Å². The summed E-state index contributed by atoms with van der Waals surface area (Å²) in [5.74, 6) is 2.07. The summed E-state index contributed by atoms with van der Waals surface area (Å²) in [6, 6.07) is 7.24. The Balaban J connectivity index is 1.92. The summed E-state index contributed by atoms with van der Waals surface area (Å²) < 4.78 is 11.0. The predicted molar refractivity (Wildman–Crippen MR) is 79.0 cm³/mol. The molecule has 1 aliphatic rings. The molecule has 0 N–H and O–H groups in total. The summed E-state index contributed by atoms with van der Waals surface area (Å²) in [6.07, 6.45) is 3.76. The molecule has 1 aromatic rings. The molecule has 20 heavy (non-hydrogen) atoms. The predicted octanol–water partition coefficient (Wildman–Crippen LogP) is 4.07. The van der Waals surface area contributed by atoms with Crippen molar-refractivity contribution < 1.29 is 14.3 Å². The van der Waals surface area contributed by atoms with Gasteiger partial charge in [0.15, 0.2) is 0 Å². The summed E-state index contributed by atoms with van der Waals surface area (Å²) in [5.41, 5.74) is 0.574. The maximum atomic E-state index is 11.6. The summed E-state index contributed by atoms with van der Waals surface area (Å²) in [6.45, 7) is 6.81. The summed E-state index contributed by atoms with van der Waals surface area (Å²) in [5, 5.41) is 0. The maximum absolute atomic E-state index is 11.6. The minimum atomic E-state index is -0.279. The molecule has 0 aliphatic heterocycles. The van der Waals surface area contributed by atoms with Crippen molar-refractivity contribution in [3.05, 3.63) is 29.8 Å². The van der Waals surface area contributed by atoms with Gasteiger partial charge in [0.1, 0.15) is 5.75 Å². The van der Waals surface area contributed by atoms with Crippen LogP contribution in [0.1, 0.15) is 50.4 Å². The molecule has 3 nitrogen and oxygen atoms in total. The first-order valence-electron chi connectivity index (χ1n) is 7.54. The van der Waals surface area contributed by atoms with Gasteiger partial charge in [0, 0.05) is 0 Å². The zero-order chi connectivity index (χ0) is 14.5. The Kier molecular flexibility index (Phi) is 5.05. The zero-order valence-corrected chi connectivity index (χ0v) is 12.6. The third-order valence-corrected chi connectivity index (χ3v) is 4.22. The average Bonchev–Trinajstić information content (AvgIpc) is 2.44. The van der Waals surface area contributed by atoms with Gasteiger partial charge in [-0.15, -0.1) is 0 Å². The van der Waals surface area contributed by atoms with E-state index in [-0.39, 0.29) is 5.97 Å². The first-order valence-corrected chi connectivity index (χ1v) is 7.54. The number of rotatable bonds is 4. The molecule has 3 atom stereocenters. The van der Waals surface area contributed by atoms with Gasteiger partial charge in [-0.25, -0.2) is 4.79 Å². The number of carbonyl (C=O) groups is 1. The van der Waals surface area contributed by atoms with E-state index in [1.165, 1.54) is 6.42 Å². The minimum absolute atomic E-state index is 0.279. The fraction of sp³-hybridized carbons (Fsp3) is 0.588. The highest BCUT2D eigenvalue weighted by atomic mass is 16.5. The number of carbonyl (C=O) groups excluding carboxylic acids is 1. The van der Waals surface area contributed by atoms with Gasteiger partial charge in [0.25, 0.3) is 0 Å². The van der Waals surface area contributed by atoms with Crippen LogP contribution < -0.4 is 4.74 Å². The second-order valence-electron chi connectivity index (χ2n) is 5.75. The van der Waals surface area contributed by atoms with Crippen molar-refractivity contribution in [2.24, 2.45) is 11.8 Å². The number of hydrogen-bond acceptors (Lipinski definition) is 3. The first kappa shape index (κ1) is 14.9. The van der Waals surface area contributed by atoms with Crippen LogP contribution in [-0.4, -0.2) is 18.7 Å². The maximum Gasteiger partial charge on any atom is 0.338 e. The fourth-order valence-corrected chi connectivity index (χ4v) is 2.68. The van der Waals surface area contributed by atoms with E-state index in [4.69, 9.17) is 9.47 Å². The highest BCUT2D eigenvalue weighted by molar-refractivity contribution is 5.89. The van der Waals surface area contributed by atoms with Gasteiger partial charge in [-0.2, -0.15) is 0 Å². The van der Waals surface area contributed by atoms with Crippen LogP contribution in [0.4, 0.5) is 0 Å². The third kappa shape index (κ3) is 3.75. The SMILES string of the molecule is CCOC(=O)c1ccc(OC2CCC(C)C(C)C2)cc1. The monoisotopic (exact) mass is 276 g/mol. The van der Waals surface area contributed by atoms with Crippen LogP contribution >= 0.6 is 0 Å². The summed E-state index contributed by atoms with van der Waals surface area (Å²) >= 11 is 0. The lowest BCUT2D eigenvalue weighted by Crippen LogP contribution is -2.28. The molecule has 1 aromatic carbocycles. The summed E-state index contributed by atoms with van der Waals surface area (Å²) in [4.78, 5) is 11.6. The standard InChI is InChI=1S/C17H24O3/c1-4-19-17(18)14-6-9-15(10-7-14)20-16-8-5-12(2)13(3)11-16/h6-7,9-10,12-13,16H,4-5,8,11H2,1-3H3. The van der Waals surface area contributed by atoms with Crippen LogP contribution in [0.3, 0.4) is 0 Å². The molecule has 1 saturated carbocycles.